The van der Waals surface area contributed by atoms with Gasteiger partial charge in [0.05, 0.1) is 24.0 Å². The van der Waals surface area contributed by atoms with Gasteiger partial charge in [0.1, 0.15) is 11.9 Å². The summed E-state index contributed by atoms with van der Waals surface area (Å²) >= 11 is 0. The molecule has 6 heterocycles. The number of Topliss-reactive ketones (excluding diaryl/α,β-unsaturated/α-hetero) is 2. The molecule has 452 valence electrons. The van der Waals surface area contributed by atoms with Crippen LogP contribution < -0.4 is 43.0 Å². The Kier molecular flexibility index (Phi) is 15.9. The van der Waals surface area contributed by atoms with Crippen molar-refractivity contribution in [1.82, 2.24) is 37.2 Å². The number of ketones is 2. The number of aliphatic hydroxyl groups is 1. The summed E-state index contributed by atoms with van der Waals surface area (Å²) < 4.78 is 14.3. The van der Waals surface area contributed by atoms with Crippen molar-refractivity contribution in [3.63, 3.8) is 0 Å². The number of allylic oxidation sites excluding steroid dienone is 5. The molecule has 4 bridgehead atoms. The fraction of sp³-hybridized carbons (Fsp3) is 0.652. The van der Waals surface area contributed by atoms with Gasteiger partial charge in [-0.15, -0.1) is 0 Å². The van der Waals surface area contributed by atoms with E-state index in [4.69, 9.17) is 15.2 Å². The summed E-state index contributed by atoms with van der Waals surface area (Å²) in [6.07, 6.45) is 37.3. The molecule has 0 aromatic heterocycles. The van der Waals surface area contributed by atoms with Gasteiger partial charge in [-0.05, 0) is 193 Å². The van der Waals surface area contributed by atoms with E-state index in [0.717, 1.165) is 125 Å². The number of nitrogens with two attached hydrogens (primary N) is 1. The zero-order valence-electron chi connectivity index (χ0n) is 50.5. The number of fused-ring (bicyclic) bond motifs is 2. The number of epoxide rings is 1. The fourth-order valence-electron chi connectivity index (χ4n) is 18.5. The second-order valence-corrected chi connectivity index (χ2v) is 28.3. The molecule has 3 saturated carbocycles. The number of dihydropyridines is 2. The molecule has 1 aromatic carbocycles. The largest absolute Gasteiger partial charge is 0.459 e. The second kappa shape index (κ2) is 23.1. The molecule has 10 N–H and O–H groups in total. The van der Waals surface area contributed by atoms with E-state index >= 15 is 14.4 Å². The third-order valence-corrected chi connectivity index (χ3v) is 22.8. The number of carbonyl (C=O) groups excluding carboxylic acids is 3. The lowest BCUT2D eigenvalue weighted by molar-refractivity contribution is -0.176. The predicted molar refractivity (Wildman–Crippen MR) is 328 cm³/mol. The molecular weight excluding hydrogens is 1050 g/mol. The lowest BCUT2D eigenvalue weighted by Gasteiger charge is -2.58. The Labute approximate surface area is 498 Å². The second-order valence-electron chi connectivity index (χ2n) is 28.3. The number of ether oxygens (including phenoxy) is 2. The van der Waals surface area contributed by atoms with Crippen LogP contribution in [-0.4, -0.2) is 109 Å². The van der Waals surface area contributed by atoms with Crippen LogP contribution in [0.1, 0.15) is 181 Å². The molecule has 6 aliphatic heterocycles. The summed E-state index contributed by atoms with van der Waals surface area (Å²) in [5.74, 6) is 1.47. The van der Waals surface area contributed by atoms with Crippen LogP contribution in [0, 0.1) is 40.9 Å². The number of hydrogen-bond acceptors (Lipinski definition) is 13. The standard InChI is InChI=1S/C69H95N9O6/c1-42(35-66(29-12-31-74-64(72-4)78-66)54-27-32-73-62-50(54)23-25-57(71-3)77-62)26-30-68-60(80)51-19-11-18-48-37-65(2,36-44-20-24-56(70)75-40-44)28-9-8-15-45-16-10-17-46-38-67(76-41-43-13-6-5-7-14-43)39-47-21-22-49(79)33-53(47)59(55(67)34-52(45)46)83-63(82)69(68,84-68)61(81)58(48)51/h10-11,17-20,24,26-27,38,40,43,45,47,49,52-53,55-57,59,71,73,75-77,79H,5-9,12-16,21-23,25,28-37,39,41,70H2,1-4H3,(H2,72,74,78)/b42-26+/t45-,47+,49-,52+,53+,55+,56?,57+,59+,65+,66+,67+,68-,69-/m0/s1. The fourth-order valence-corrected chi connectivity index (χ4v) is 18.5. The van der Waals surface area contributed by atoms with Crippen LogP contribution in [-0.2, 0) is 20.7 Å². The Bertz CT molecular complexity index is 3020. The Hall–Kier alpha value is -5.32. The lowest BCUT2D eigenvalue weighted by atomic mass is 9.52. The summed E-state index contributed by atoms with van der Waals surface area (Å²) in [5, 5.41) is 37.4. The van der Waals surface area contributed by atoms with Crippen molar-refractivity contribution < 1.29 is 29.0 Å². The van der Waals surface area contributed by atoms with E-state index in [2.05, 4.69) is 92.5 Å². The van der Waals surface area contributed by atoms with E-state index < -0.39 is 46.2 Å². The Morgan fingerprint density at radius 3 is 2.64 bits per heavy atom. The number of nitrogens with zero attached hydrogens (tertiary/aromatic N) is 1. The average Bonchev–Trinajstić information content (AvgIpc) is 1.51. The molecule has 1 spiro atoms. The molecule has 15 heteroatoms. The van der Waals surface area contributed by atoms with Crippen molar-refractivity contribution in [2.45, 2.75) is 208 Å². The molecule has 84 heavy (non-hydrogen) atoms. The molecule has 15 nitrogen and oxygen atoms in total. The number of aliphatic hydroxyl groups excluding tert-OH is 1. The zero-order valence-corrected chi connectivity index (χ0v) is 50.5. The molecule has 0 amide bonds. The van der Waals surface area contributed by atoms with Crippen LogP contribution in [0.25, 0.3) is 0 Å². The summed E-state index contributed by atoms with van der Waals surface area (Å²) in [5.41, 5.74) is 8.32. The molecule has 13 rings (SSSR count). The highest BCUT2D eigenvalue weighted by Gasteiger charge is 2.86. The van der Waals surface area contributed by atoms with Crippen molar-refractivity contribution in [2.75, 3.05) is 33.7 Å². The Balaban J connectivity index is 0.915. The normalized spacial score (nSPS) is 39.9. The quantitative estimate of drug-likeness (QED) is 0.0439. The summed E-state index contributed by atoms with van der Waals surface area (Å²) in [4.78, 5) is 53.7. The lowest BCUT2D eigenvalue weighted by Crippen LogP contribution is -2.66. The SMILES string of the molecule is CN=C1NCCC[C@@](C/C(C)=C/C[C@@]23O[C@@]24C(=O)O[C@@H]2[C@@H]5C[C@@H](O)CC[C@@H]5C[C@]5(NCC6CCCCC6)C=C6C=CC[C@H](CCCC[C@](C)(CC7=CNC(N)C=C7)Cc7cccc(c7C4=O)C3=O)[C@H]6C[C@H]25)(C2=CCNC3=C2CC[C@H](NC)N3)N1. The maximum atomic E-state index is 16.5. The predicted octanol–water partition coefficient (Wildman–Crippen LogP) is 8.65. The van der Waals surface area contributed by atoms with Crippen molar-refractivity contribution in [1.29, 1.82) is 0 Å². The van der Waals surface area contributed by atoms with Gasteiger partial charge in [0, 0.05) is 61.3 Å². The van der Waals surface area contributed by atoms with Gasteiger partial charge in [0.2, 0.25) is 5.78 Å². The first-order valence-electron chi connectivity index (χ1n) is 32.8. The summed E-state index contributed by atoms with van der Waals surface area (Å²) in [6.45, 7) is 6.78. The molecule has 12 aliphatic rings. The molecule has 2 saturated heterocycles. The number of aliphatic imine (C=N–C) groups is 1. The van der Waals surface area contributed by atoms with Crippen molar-refractivity contribution >= 4 is 23.5 Å². The van der Waals surface area contributed by atoms with E-state index in [-0.39, 0.29) is 53.6 Å². The minimum absolute atomic E-state index is 0.0203. The molecule has 0 radical (unpaired) electrons. The average molecular weight is 1150 g/mol. The molecule has 14 atom stereocenters. The third-order valence-electron chi connectivity index (χ3n) is 22.8. The van der Waals surface area contributed by atoms with Gasteiger partial charge >= 0.3 is 5.97 Å². The number of hydrogen-bond donors (Lipinski definition) is 9. The molecule has 5 fully saturated rings. The van der Waals surface area contributed by atoms with E-state index in [0.29, 0.717) is 55.2 Å². The number of nitrogens with one attached hydrogen (secondary N) is 7. The van der Waals surface area contributed by atoms with E-state index in [1.54, 1.807) is 6.07 Å². The maximum absolute atomic E-state index is 16.5. The maximum Gasteiger partial charge on any atom is 0.350 e. The van der Waals surface area contributed by atoms with Gasteiger partial charge in [-0.2, -0.15) is 0 Å². The number of benzene rings is 1. The smallest absolute Gasteiger partial charge is 0.350 e. The van der Waals surface area contributed by atoms with E-state index in [1.807, 2.05) is 38.5 Å². The van der Waals surface area contributed by atoms with Crippen LogP contribution in [0.3, 0.4) is 0 Å². The van der Waals surface area contributed by atoms with E-state index in [9.17, 15) is 5.11 Å². The van der Waals surface area contributed by atoms with Gasteiger partial charge in [-0.1, -0.05) is 99.3 Å². The number of carbonyl (C=O) groups is 3. The highest BCUT2D eigenvalue weighted by molar-refractivity contribution is 6.33. The van der Waals surface area contributed by atoms with Gasteiger partial charge in [-0.3, -0.25) is 14.6 Å². The first kappa shape index (κ1) is 57.7. The van der Waals surface area contributed by atoms with E-state index in [1.165, 1.54) is 48.8 Å². The number of rotatable bonds is 11. The molecule has 1 unspecified atom stereocenters. The third kappa shape index (κ3) is 10.4. The minimum Gasteiger partial charge on any atom is -0.459 e. The van der Waals surface area contributed by atoms with Crippen LogP contribution in [0.4, 0.5) is 0 Å². The van der Waals surface area contributed by atoms with Gasteiger partial charge in [0.25, 0.3) is 5.60 Å². The van der Waals surface area contributed by atoms with Gasteiger partial charge < -0.3 is 57.5 Å². The van der Waals surface area contributed by atoms with Crippen LogP contribution in [0.15, 0.2) is 106 Å². The van der Waals surface area contributed by atoms with Crippen molar-refractivity contribution in [3.8, 4) is 0 Å². The van der Waals surface area contributed by atoms with Crippen LogP contribution in [0.5, 0.6) is 0 Å². The summed E-state index contributed by atoms with van der Waals surface area (Å²) in [6, 6.07) is 5.70. The molecule has 6 aliphatic carbocycles. The van der Waals surface area contributed by atoms with Gasteiger partial charge in [0.15, 0.2) is 17.3 Å². The highest BCUT2D eigenvalue weighted by atomic mass is 16.7. The first-order valence-corrected chi connectivity index (χ1v) is 32.8. The minimum atomic E-state index is -2.20. The Morgan fingerprint density at radius 2 is 1.82 bits per heavy atom. The first-order chi connectivity index (χ1) is 40.7. The van der Waals surface area contributed by atoms with Crippen LogP contribution >= 0.6 is 0 Å². The van der Waals surface area contributed by atoms with Crippen LogP contribution in [0.2, 0.25) is 0 Å². The monoisotopic (exact) mass is 1150 g/mol. The van der Waals surface area contributed by atoms with Gasteiger partial charge in [-0.25, -0.2) is 4.79 Å². The number of esters is 1. The zero-order chi connectivity index (χ0) is 58.0. The van der Waals surface area contributed by atoms with Crippen molar-refractivity contribution in [3.05, 3.63) is 117 Å². The molecule has 1 aromatic rings. The summed E-state index contributed by atoms with van der Waals surface area (Å²) in [7, 11) is 3.80. The number of guanidine groups is 1. The molecular formula is C69H95N9O6. The Morgan fingerprint density at radius 1 is 0.964 bits per heavy atom. The topological polar surface area (TPSA) is 216 Å². The van der Waals surface area contributed by atoms with Crippen molar-refractivity contribution in [2.24, 2.45) is 51.6 Å². The highest BCUT2D eigenvalue weighted by Crippen LogP contribution is 2.62.